The Bertz CT molecular complexity index is 732. The van der Waals surface area contributed by atoms with E-state index in [9.17, 15) is 0 Å². The Hall–Kier alpha value is -3.14. The Morgan fingerprint density at radius 2 is 0.760 bits per heavy atom. The van der Waals surface area contributed by atoms with Gasteiger partial charge in [-0.25, -0.2) is 0 Å². The lowest BCUT2D eigenvalue weighted by molar-refractivity contribution is 1.26. The van der Waals surface area contributed by atoms with Crippen molar-refractivity contribution >= 4 is 34.1 Å². The van der Waals surface area contributed by atoms with Crippen LogP contribution in [0.2, 0.25) is 0 Å². The highest BCUT2D eigenvalue weighted by Crippen LogP contribution is 2.44. The van der Waals surface area contributed by atoms with E-state index in [1.54, 1.807) is 0 Å². The monoisotopic (exact) mass is 332 g/mol. The van der Waals surface area contributed by atoms with Crippen molar-refractivity contribution < 1.29 is 0 Å². The van der Waals surface area contributed by atoms with Crippen LogP contribution in [-0.4, -0.2) is 21.1 Å². The van der Waals surface area contributed by atoms with Gasteiger partial charge in [0.05, 0.1) is 34.1 Å². The van der Waals surface area contributed by atoms with E-state index in [2.05, 4.69) is 75.4 Å². The molecule has 0 aromatic heterocycles. The van der Waals surface area contributed by atoms with Crippen LogP contribution in [0, 0.1) is 0 Å². The van der Waals surface area contributed by atoms with Gasteiger partial charge in [0.1, 0.15) is 0 Å². The molecule has 0 bridgehead atoms. The smallest absolute Gasteiger partial charge is 0.0694 e. The van der Waals surface area contributed by atoms with Crippen LogP contribution < -0.4 is 20.9 Å². The zero-order valence-electron chi connectivity index (χ0n) is 14.9. The summed E-state index contributed by atoms with van der Waals surface area (Å²) in [5, 5.41) is 9.92. The molecule has 0 aliphatic heterocycles. The van der Waals surface area contributed by atoms with E-state index in [1.165, 1.54) is 0 Å². The van der Waals surface area contributed by atoms with Crippen LogP contribution in [-0.2, 0) is 0 Å². The maximum absolute atomic E-state index is 3.31. The lowest BCUT2D eigenvalue weighted by Crippen LogP contribution is -2.15. The maximum atomic E-state index is 3.31. The summed E-state index contributed by atoms with van der Waals surface area (Å²) in [5.74, 6) is 0. The van der Waals surface area contributed by atoms with E-state index in [0.29, 0.717) is 0 Å². The number of hydrogen-bond donors (Lipinski definition) is 3. The number of nitrogens with one attached hydrogen (secondary N) is 3. The van der Waals surface area contributed by atoms with Crippen molar-refractivity contribution in [3.63, 3.8) is 0 Å². The van der Waals surface area contributed by atoms with Gasteiger partial charge in [0, 0.05) is 21.1 Å². The van der Waals surface area contributed by atoms with Crippen molar-refractivity contribution in [3.05, 3.63) is 72.8 Å². The SMILES string of the molecule is CNc1ccccc1N(c1ccccc1NC)c1ccccc1NC. The van der Waals surface area contributed by atoms with E-state index < -0.39 is 0 Å². The van der Waals surface area contributed by atoms with E-state index in [1.807, 2.05) is 39.3 Å². The first-order valence-corrected chi connectivity index (χ1v) is 8.40. The normalized spacial score (nSPS) is 10.2. The first kappa shape index (κ1) is 16.7. The topological polar surface area (TPSA) is 39.3 Å². The van der Waals surface area contributed by atoms with Gasteiger partial charge in [0.25, 0.3) is 0 Å². The van der Waals surface area contributed by atoms with Crippen molar-refractivity contribution in [2.45, 2.75) is 0 Å². The quantitative estimate of drug-likeness (QED) is 0.574. The summed E-state index contributed by atoms with van der Waals surface area (Å²) in [6, 6.07) is 25.0. The molecule has 3 aromatic carbocycles. The van der Waals surface area contributed by atoms with Crippen molar-refractivity contribution in [2.24, 2.45) is 0 Å². The first-order valence-electron chi connectivity index (χ1n) is 8.40. The summed E-state index contributed by atoms with van der Waals surface area (Å²) < 4.78 is 0. The number of rotatable bonds is 6. The fourth-order valence-electron chi connectivity index (χ4n) is 3.03. The summed E-state index contributed by atoms with van der Waals surface area (Å²) in [4.78, 5) is 2.27. The fourth-order valence-corrected chi connectivity index (χ4v) is 3.03. The molecule has 0 spiro atoms. The Kier molecular flexibility index (Phi) is 5.09. The van der Waals surface area contributed by atoms with Crippen molar-refractivity contribution in [3.8, 4) is 0 Å². The lowest BCUT2D eigenvalue weighted by atomic mass is 10.1. The molecule has 0 unspecified atom stereocenters. The van der Waals surface area contributed by atoms with Crippen molar-refractivity contribution in [1.82, 2.24) is 0 Å². The zero-order chi connectivity index (χ0) is 17.6. The van der Waals surface area contributed by atoms with Crippen LogP contribution in [0.5, 0.6) is 0 Å². The Balaban J connectivity index is 2.29. The van der Waals surface area contributed by atoms with E-state index in [4.69, 9.17) is 0 Å². The van der Waals surface area contributed by atoms with Gasteiger partial charge in [-0.15, -0.1) is 0 Å². The minimum absolute atomic E-state index is 1.07. The molecular weight excluding hydrogens is 308 g/mol. The van der Waals surface area contributed by atoms with Crippen LogP contribution in [0.25, 0.3) is 0 Å². The van der Waals surface area contributed by atoms with Crippen LogP contribution >= 0.6 is 0 Å². The average molecular weight is 332 g/mol. The van der Waals surface area contributed by atoms with Gasteiger partial charge in [-0.3, -0.25) is 0 Å². The van der Waals surface area contributed by atoms with Crippen LogP contribution in [0.4, 0.5) is 34.1 Å². The van der Waals surface area contributed by atoms with Gasteiger partial charge in [-0.1, -0.05) is 36.4 Å². The third-order valence-corrected chi connectivity index (χ3v) is 4.24. The zero-order valence-corrected chi connectivity index (χ0v) is 14.9. The third-order valence-electron chi connectivity index (χ3n) is 4.24. The minimum atomic E-state index is 1.07. The molecule has 0 atom stereocenters. The predicted molar refractivity (Wildman–Crippen MR) is 110 cm³/mol. The lowest BCUT2D eigenvalue weighted by Gasteiger charge is -2.30. The summed E-state index contributed by atoms with van der Waals surface area (Å²) in [6.07, 6.45) is 0. The molecule has 0 saturated heterocycles. The Morgan fingerprint density at radius 1 is 0.480 bits per heavy atom. The molecule has 3 N–H and O–H groups in total. The molecule has 4 nitrogen and oxygen atoms in total. The first-order chi connectivity index (χ1) is 12.3. The highest BCUT2D eigenvalue weighted by atomic mass is 15.2. The number of benzene rings is 3. The van der Waals surface area contributed by atoms with Gasteiger partial charge < -0.3 is 20.9 Å². The molecular formula is C21H24N4. The van der Waals surface area contributed by atoms with Crippen LogP contribution in [0.15, 0.2) is 72.8 Å². The highest BCUT2D eigenvalue weighted by Gasteiger charge is 2.19. The number of hydrogen-bond acceptors (Lipinski definition) is 4. The third kappa shape index (κ3) is 3.24. The molecule has 25 heavy (non-hydrogen) atoms. The minimum Gasteiger partial charge on any atom is -0.386 e. The van der Waals surface area contributed by atoms with Gasteiger partial charge >= 0.3 is 0 Å². The summed E-state index contributed by atoms with van der Waals surface area (Å²) in [5.41, 5.74) is 6.49. The Labute approximate surface area is 149 Å². The van der Waals surface area contributed by atoms with Crippen LogP contribution in [0.1, 0.15) is 0 Å². The summed E-state index contributed by atoms with van der Waals surface area (Å²) in [6.45, 7) is 0. The van der Waals surface area contributed by atoms with Gasteiger partial charge in [0.15, 0.2) is 0 Å². The molecule has 0 amide bonds. The molecule has 0 radical (unpaired) electrons. The molecule has 3 rings (SSSR count). The van der Waals surface area contributed by atoms with Gasteiger partial charge in [-0.05, 0) is 36.4 Å². The fraction of sp³-hybridized carbons (Fsp3) is 0.143. The number of nitrogens with zero attached hydrogens (tertiary/aromatic N) is 1. The van der Waals surface area contributed by atoms with Crippen molar-refractivity contribution in [1.29, 1.82) is 0 Å². The molecule has 4 heteroatoms. The van der Waals surface area contributed by atoms with Crippen molar-refractivity contribution in [2.75, 3.05) is 42.0 Å². The van der Waals surface area contributed by atoms with E-state index in [-0.39, 0.29) is 0 Å². The molecule has 0 saturated carbocycles. The van der Waals surface area contributed by atoms with E-state index >= 15 is 0 Å². The van der Waals surface area contributed by atoms with E-state index in [0.717, 1.165) is 34.1 Å². The Morgan fingerprint density at radius 3 is 1.04 bits per heavy atom. The second-order valence-electron chi connectivity index (χ2n) is 5.64. The second-order valence-corrected chi connectivity index (χ2v) is 5.64. The number of para-hydroxylation sites is 6. The molecule has 3 aromatic rings. The summed E-state index contributed by atoms with van der Waals surface area (Å²) >= 11 is 0. The van der Waals surface area contributed by atoms with Gasteiger partial charge in [0.2, 0.25) is 0 Å². The maximum Gasteiger partial charge on any atom is 0.0694 e. The van der Waals surface area contributed by atoms with Gasteiger partial charge in [-0.2, -0.15) is 0 Å². The van der Waals surface area contributed by atoms with Crippen LogP contribution in [0.3, 0.4) is 0 Å². The number of anilines is 6. The molecule has 0 heterocycles. The average Bonchev–Trinajstić information content (AvgIpc) is 2.69. The molecule has 0 aliphatic carbocycles. The summed E-state index contributed by atoms with van der Waals surface area (Å²) in [7, 11) is 5.85. The molecule has 0 fully saturated rings. The predicted octanol–water partition coefficient (Wildman–Crippen LogP) is 5.28. The second kappa shape index (κ2) is 7.62. The molecule has 0 aliphatic rings. The highest BCUT2D eigenvalue weighted by molar-refractivity contribution is 5.93. The molecule has 128 valence electrons. The standard InChI is InChI=1S/C21H24N4/c1-22-16-10-4-7-13-19(16)25(20-14-8-5-11-17(20)23-2)21-15-9-6-12-18(21)24-3/h4-15,22-24H,1-3H3. The largest absolute Gasteiger partial charge is 0.386 e.